The van der Waals surface area contributed by atoms with Gasteiger partial charge < -0.3 is 19.3 Å². The van der Waals surface area contributed by atoms with E-state index in [0.717, 1.165) is 74.6 Å². The molecule has 1 aromatic carbocycles. The van der Waals surface area contributed by atoms with Crippen molar-refractivity contribution >= 4 is 11.2 Å². The number of allylic oxidation sites excluding steroid dienone is 1. The Bertz CT molecular complexity index is 1160. The first-order valence-corrected chi connectivity index (χ1v) is 11.6. The molecule has 5 rings (SSSR count). The maximum absolute atomic E-state index is 9.64. The van der Waals surface area contributed by atoms with Crippen LogP contribution in [0.2, 0.25) is 0 Å². The molecule has 2 fully saturated rings. The lowest BCUT2D eigenvalue weighted by atomic mass is 10.0. The standard InChI is InChI=1S/C26H29N5O2/c1-2-9-29-10-12-30(13-11-29)22-5-3-20(4-6-22)25-16-24(33-23-7-14-32-15-8-23)19-31-26(25)21(17-27)18-28-31/h2-6,9,16,18-19,23H,7-8,10-15H2,1H3. The number of benzene rings is 1. The minimum atomic E-state index is 0.138. The molecule has 2 aliphatic heterocycles. The van der Waals surface area contributed by atoms with Crippen LogP contribution >= 0.6 is 0 Å². The van der Waals surface area contributed by atoms with Crippen LogP contribution in [0.5, 0.6) is 5.75 Å². The summed E-state index contributed by atoms with van der Waals surface area (Å²) in [7, 11) is 0. The molecule has 0 radical (unpaired) electrons. The van der Waals surface area contributed by atoms with Gasteiger partial charge >= 0.3 is 0 Å². The van der Waals surface area contributed by atoms with Gasteiger partial charge in [0, 0.05) is 50.3 Å². The Balaban J connectivity index is 1.43. The monoisotopic (exact) mass is 443 g/mol. The summed E-state index contributed by atoms with van der Waals surface area (Å²) in [6.45, 7) is 7.57. The van der Waals surface area contributed by atoms with E-state index in [2.05, 4.69) is 64.4 Å². The Kier molecular flexibility index (Phi) is 6.18. The second-order valence-corrected chi connectivity index (χ2v) is 8.53. The normalized spacial score (nSPS) is 17.6. The fourth-order valence-electron chi connectivity index (χ4n) is 4.64. The predicted octanol–water partition coefficient (Wildman–Crippen LogP) is 4.09. The van der Waals surface area contributed by atoms with Crippen molar-refractivity contribution in [1.82, 2.24) is 14.5 Å². The number of aromatic nitrogens is 2. The number of anilines is 1. The number of rotatable bonds is 5. The summed E-state index contributed by atoms with van der Waals surface area (Å²) in [6.07, 6.45) is 9.65. The molecule has 0 aliphatic carbocycles. The summed E-state index contributed by atoms with van der Waals surface area (Å²) >= 11 is 0. The molecule has 0 spiro atoms. The molecule has 2 aliphatic rings. The van der Waals surface area contributed by atoms with Gasteiger partial charge in [-0.15, -0.1) is 0 Å². The van der Waals surface area contributed by atoms with E-state index >= 15 is 0 Å². The van der Waals surface area contributed by atoms with Crippen LogP contribution in [-0.2, 0) is 4.74 Å². The third-order valence-electron chi connectivity index (χ3n) is 6.40. The molecular weight excluding hydrogens is 414 g/mol. The number of nitriles is 1. The van der Waals surface area contributed by atoms with Gasteiger partial charge in [0.2, 0.25) is 0 Å². The Hall–Kier alpha value is -3.50. The number of nitrogens with zero attached hydrogens (tertiary/aromatic N) is 5. The van der Waals surface area contributed by atoms with Gasteiger partial charge in [-0.2, -0.15) is 10.4 Å². The topological polar surface area (TPSA) is 66.0 Å². The molecule has 0 atom stereocenters. The molecule has 33 heavy (non-hydrogen) atoms. The van der Waals surface area contributed by atoms with Crippen molar-refractivity contribution in [2.24, 2.45) is 0 Å². The van der Waals surface area contributed by atoms with Crippen LogP contribution in [0.15, 0.2) is 55.0 Å². The maximum Gasteiger partial charge on any atom is 0.138 e. The molecule has 170 valence electrons. The first-order valence-electron chi connectivity index (χ1n) is 11.6. The molecule has 7 nitrogen and oxygen atoms in total. The number of ether oxygens (including phenoxy) is 2. The van der Waals surface area contributed by atoms with Crippen LogP contribution in [-0.4, -0.2) is 60.0 Å². The van der Waals surface area contributed by atoms with Crippen LogP contribution in [0.1, 0.15) is 25.3 Å². The molecular formula is C26H29N5O2. The third kappa shape index (κ3) is 4.53. The molecule has 4 heterocycles. The van der Waals surface area contributed by atoms with Crippen molar-refractivity contribution in [2.75, 3.05) is 44.3 Å². The summed E-state index contributed by atoms with van der Waals surface area (Å²) in [6, 6.07) is 12.9. The van der Waals surface area contributed by atoms with Crippen molar-refractivity contribution in [3.8, 4) is 22.9 Å². The van der Waals surface area contributed by atoms with E-state index in [0.29, 0.717) is 5.56 Å². The number of hydrogen-bond donors (Lipinski definition) is 0. The van der Waals surface area contributed by atoms with E-state index in [4.69, 9.17) is 9.47 Å². The van der Waals surface area contributed by atoms with Crippen LogP contribution < -0.4 is 9.64 Å². The predicted molar refractivity (Wildman–Crippen MR) is 128 cm³/mol. The Morgan fingerprint density at radius 2 is 1.88 bits per heavy atom. The summed E-state index contributed by atoms with van der Waals surface area (Å²) in [5, 5.41) is 14.0. The molecule has 0 unspecified atom stereocenters. The lowest BCUT2D eigenvalue weighted by Crippen LogP contribution is -2.44. The van der Waals surface area contributed by atoms with E-state index in [9.17, 15) is 5.26 Å². The van der Waals surface area contributed by atoms with Gasteiger partial charge in [0.25, 0.3) is 0 Å². The molecule has 2 saturated heterocycles. The van der Waals surface area contributed by atoms with E-state index in [1.807, 2.05) is 12.3 Å². The highest BCUT2D eigenvalue weighted by Gasteiger charge is 2.19. The first kappa shape index (κ1) is 21.4. The lowest BCUT2D eigenvalue weighted by molar-refractivity contribution is 0.0254. The Morgan fingerprint density at radius 1 is 1.12 bits per heavy atom. The largest absolute Gasteiger partial charge is 0.489 e. The van der Waals surface area contributed by atoms with Gasteiger partial charge in [-0.3, -0.25) is 0 Å². The molecule has 0 N–H and O–H groups in total. The lowest BCUT2D eigenvalue weighted by Gasteiger charge is -2.35. The zero-order valence-corrected chi connectivity index (χ0v) is 19.0. The first-order chi connectivity index (χ1) is 16.2. The maximum atomic E-state index is 9.64. The van der Waals surface area contributed by atoms with Crippen LogP contribution in [0.3, 0.4) is 0 Å². The van der Waals surface area contributed by atoms with E-state index in [1.165, 1.54) is 5.69 Å². The van der Waals surface area contributed by atoms with Crippen molar-refractivity contribution in [3.05, 3.63) is 60.6 Å². The van der Waals surface area contributed by atoms with E-state index in [1.54, 1.807) is 10.7 Å². The Morgan fingerprint density at radius 3 is 2.58 bits per heavy atom. The molecule has 0 amide bonds. The fraction of sp³-hybridized carbons (Fsp3) is 0.385. The van der Waals surface area contributed by atoms with Crippen molar-refractivity contribution < 1.29 is 9.47 Å². The number of piperazine rings is 1. The van der Waals surface area contributed by atoms with Gasteiger partial charge in [-0.05, 0) is 36.9 Å². The zero-order chi connectivity index (χ0) is 22.6. The highest BCUT2D eigenvalue weighted by atomic mass is 16.5. The number of fused-ring (bicyclic) bond motifs is 1. The van der Waals surface area contributed by atoms with Gasteiger partial charge in [0.1, 0.15) is 17.9 Å². The van der Waals surface area contributed by atoms with Crippen molar-refractivity contribution in [1.29, 1.82) is 5.26 Å². The minimum absolute atomic E-state index is 0.138. The van der Waals surface area contributed by atoms with Crippen molar-refractivity contribution in [3.63, 3.8) is 0 Å². The third-order valence-corrected chi connectivity index (χ3v) is 6.40. The molecule has 0 bridgehead atoms. The van der Waals surface area contributed by atoms with E-state index in [-0.39, 0.29) is 6.10 Å². The molecule has 0 saturated carbocycles. The van der Waals surface area contributed by atoms with Crippen LogP contribution in [0.4, 0.5) is 5.69 Å². The van der Waals surface area contributed by atoms with Crippen molar-refractivity contribution in [2.45, 2.75) is 25.9 Å². The average Bonchev–Trinajstić information content (AvgIpc) is 3.28. The second kappa shape index (κ2) is 9.55. The highest BCUT2D eigenvalue weighted by Crippen LogP contribution is 2.33. The summed E-state index contributed by atoms with van der Waals surface area (Å²) < 4.78 is 13.5. The number of hydrogen-bond acceptors (Lipinski definition) is 6. The summed E-state index contributed by atoms with van der Waals surface area (Å²) in [5.74, 6) is 0.765. The van der Waals surface area contributed by atoms with Gasteiger partial charge in [0.05, 0.1) is 36.7 Å². The summed E-state index contributed by atoms with van der Waals surface area (Å²) in [5.41, 5.74) is 4.60. The van der Waals surface area contributed by atoms with Gasteiger partial charge in [-0.25, -0.2) is 4.52 Å². The summed E-state index contributed by atoms with van der Waals surface area (Å²) in [4.78, 5) is 4.78. The van der Waals surface area contributed by atoms with Crippen LogP contribution in [0.25, 0.3) is 16.6 Å². The van der Waals surface area contributed by atoms with Gasteiger partial charge in [-0.1, -0.05) is 18.2 Å². The fourth-order valence-corrected chi connectivity index (χ4v) is 4.64. The molecule has 7 heteroatoms. The van der Waals surface area contributed by atoms with Crippen LogP contribution in [0, 0.1) is 11.3 Å². The number of pyridine rings is 1. The van der Waals surface area contributed by atoms with E-state index < -0.39 is 0 Å². The quantitative estimate of drug-likeness (QED) is 0.592. The second-order valence-electron chi connectivity index (χ2n) is 8.53. The highest BCUT2D eigenvalue weighted by molar-refractivity contribution is 5.85. The Labute approximate surface area is 194 Å². The zero-order valence-electron chi connectivity index (χ0n) is 19.0. The minimum Gasteiger partial charge on any atom is -0.489 e. The average molecular weight is 444 g/mol. The SMILES string of the molecule is CC=CN1CCN(c2ccc(-c3cc(OC4CCOCC4)cn4ncc(C#N)c34)cc2)CC1. The van der Waals surface area contributed by atoms with Gasteiger partial charge in [0.15, 0.2) is 0 Å². The molecule has 2 aromatic heterocycles. The smallest absolute Gasteiger partial charge is 0.138 e. The molecule has 3 aromatic rings.